The molecule has 1 aromatic heterocycles. The molecule has 1 heterocycles. The second-order valence-electron chi connectivity index (χ2n) is 4.84. The van der Waals surface area contributed by atoms with Crippen LogP contribution in [0.2, 0.25) is 5.02 Å². The molecule has 5 heteroatoms. The molecule has 0 saturated carbocycles. The van der Waals surface area contributed by atoms with Gasteiger partial charge in [-0.1, -0.05) is 29.8 Å². The smallest absolute Gasteiger partial charge is 0.127 e. The van der Waals surface area contributed by atoms with Gasteiger partial charge in [0.05, 0.1) is 21.3 Å². The first-order valence-electron chi connectivity index (χ1n) is 6.59. The molecule has 3 rings (SSSR count). The molecule has 0 spiro atoms. The Morgan fingerprint density at radius 1 is 1.14 bits per heavy atom. The van der Waals surface area contributed by atoms with Crippen LogP contribution in [0.3, 0.4) is 0 Å². The van der Waals surface area contributed by atoms with E-state index in [1.807, 2.05) is 24.3 Å². The van der Waals surface area contributed by atoms with Crippen molar-refractivity contribution in [2.45, 2.75) is 18.9 Å². The average molecular weight is 322 g/mol. The van der Waals surface area contributed by atoms with Gasteiger partial charge in [0.1, 0.15) is 5.82 Å². The highest BCUT2D eigenvalue weighted by atomic mass is 35.5. The van der Waals surface area contributed by atoms with Crippen LogP contribution in [0.4, 0.5) is 4.39 Å². The molecule has 21 heavy (non-hydrogen) atoms. The first kappa shape index (κ1) is 14.4. The van der Waals surface area contributed by atoms with E-state index in [0.29, 0.717) is 17.0 Å². The number of hydrogen-bond donors (Lipinski definition) is 1. The maximum absolute atomic E-state index is 13.7. The van der Waals surface area contributed by atoms with Gasteiger partial charge >= 0.3 is 0 Å². The van der Waals surface area contributed by atoms with Gasteiger partial charge in [-0.2, -0.15) is 0 Å². The number of hydrogen-bond acceptors (Lipinski definition) is 3. The van der Waals surface area contributed by atoms with E-state index in [2.05, 4.69) is 4.98 Å². The van der Waals surface area contributed by atoms with Gasteiger partial charge in [0.15, 0.2) is 0 Å². The van der Waals surface area contributed by atoms with Gasteiger partial charge in [0.2, 0.25) is 0 Å². The molecule has 0 bridgehead atoms. The van der Waals surface area contributed by atoms with Crippen LogP contribution in [-0.2, 0) is 12.8 Å². The lowest BCUT2D eigenvalue weighted by Gasteiger charge is -2.11. The van der Waals surface area contributed by atoms with Crippen LogP contribution < -0.4 is 0 Å². The normalized spacial score (nSPS) is 12.7. The van der Waals surface area contributed by atoms with E-state index >= 15 is 0 Å². The third-order valence-corrected chi connectivity index (χ3v) is 4.66. The second kappa shape index (κ2) is 6.10. The third-order valence-electron chi connectivity index (χ3n) is 3.25. The summed E-state index contributed by atoms with van der Waals surface area (Å²) in [6.07, 6.45) is -0.134. The van der Waals surface area contributed by atoms with Crippen LogP contribution in [0.15, 0.2) is 42.5 Å². The molecule has 0 aliphatic heterocycles. The maximum atomic E-state index is 13.7. The average Bonchev–Trinajstić information content (AvgIpc) is 2.85. The van der Waals surface area contributed by atoms with Crippen LogP contribution >= 0.6 is 22.9 Å². The minimum atomic E-state index is -0.708. The minimum Gasteiger partial charge on any atom is -0.392 e. The molecule has 108 valence electrons. The first-order valence-corrected chi connectivity index (χ1v) is 7.78. The molecule has 0 amide bonds. The van der Waals surface area contributed by atoms with E-state index in [1.165, 1.54) is 6.07 Å². The highest BCUT2D eigenvalue weighted by molar-refractivity contribution is 7.18. The fourth-order valence-corrected chi connectivity index (χ4v) is 3.52. The topological polar surface area (TPSA) is 33.1 Å². The molecule has 1 N–H and O–H groups in total. The summed E-state index contributed by atoms with van der Waals surface area (Å²) in [7, 11) is 0. The highest BCUT2D eigenvalue weighted by Gasteiger charge is 2.15. The van der Waals surface area contributed by atoms with Gasteiger partial charge in [0.25, 0.3) is 0 Å². The molecule has 3 aromatic rings. The number of benzene rings is 2. The lowest BCUT2D eigenvalue weighted by Crippen LogP contribution is -2.15. The Balaban J connectivity index is 1.75. The van der Waals surface area contributed by atoms with E-state index in [9.17, 15) is 9.50 Å². The number of aromatic nitrogens is 1. The molecular weight excluding hydrogens is 309 g/mol. The summed E-state index contributed by atoms with van der Waals surface area (Å²) >= 11 is 7.52. The van der Waals surface area contributed by atoms with Crippen LogP contribution in [0, 0.1) is 5.82 Å². The van der Waals surface area contributed by atoms with Crippen molar-refractivity contribution < 1.29 is 9.50 Å². The fourth-order valence-electron chi connectivity index (χ4n) is 2.24. The largest absolute Gasteiger partial charge is 0.392 e. The predicted octanol–water partition coefficient (Wildman–Crippen LogP) is 4.23. The van der Waals surface area contributed by atoms with Crippen molar-refractivity contribution in [2.75, 3.05) is 0 Å². The first-order chi connectivity index (χ1) is 10.1. The Morgan fingerprint density at radius 3 is 2.71 bits per heavy atom. The number of thiazole rings is 1. The molecule has 0 aliphatic rings. The Kier molecular flexibility index (Phi) is 4.19. The lowest BCUT2D eigenvalue weighted by atomic mass is 10.1. The quantitative estimate of drug-likeness (QED) is 0.780. The van der Waals surface area contributed by atoms with Gasteiger partial charge in [0, 0.05) is 23.4 Å². The summed E-state index contributed by atoms with van der Waals surface area (Å²) in [6.45, 7) is 0. The van der Waals surface area contributed by atoms with E-state index in [4.69, 9.17) is 11.6 Å². The Morgan fingerprint density at radius 2 is 1.95 bits per heavy atom. The fraction of sp³-hybridized carbons (Fsp3) is 0.188. The van der Waals surface area contributed by atoms with E-state index in [0.717, 1.165) is 15.2 Å². The zero-order valence-electron chi connectivity index (χ0n) is 11.1. The summed E-state index contributed by atoms with van der Waals surface area (Å²) in [5.74, 6) is -0.383. The van der Waals surface area contributed by atoms with Crippen molar-refractivity contribution in [1.29, 1.82) is 0 Å². The summed E-state index contributed by atoms with van der Waals surface area (Å²) in [5, 5.41) is 11.4. The number of fused-ring (bicyclic) bond motifs is 1. The Labute approximate surface area is 130 Å². The monoisotopic (exact) mass is 321 g/mol. The second-order valence-corrected chi connectivity index (χ2v) is 6.36. The molecular formula is C16H13ClFNOS. The van der Waals surface area contributed by atoms with Gasteiger partial charge in [-0.15, -0.1) is 11.3 Å². The molecule has 0 fully saturated rings. The minimum absolute atomic E-state index is 0.182. The van der Waals surface area contributed by atoms with Crippen molar-refractivity contribution in [3.8, 4) is 0 Å². The molecule has 2 aromatic carbocycles. The number of aliphatic hydroxyl groups is 1. The summed E-state index contributed by atoms with van der Waals surface area (Å²) in [5.41, 5.74) is 1.28. The van der Waals surface area contributed by atoms with Crippen molar-refractivity contribution in [3.05, 3.63) is 63.9 Å². The lowest BCUT2D eigenvalue weighted by molar-refractivity contribution is 0.174. The van der Waals surface area contributed by atoms with Crippen LogP contribution in [-0.4, -0.2) is 16.2 Å². The van der Waals surface area contributed by atoms with Crippen molar-refractivity contribution in [2.24, 2.45) is 0 Å². The van der Waals surface area contributed by atoms with Crippen molar-refractivity contribution in [3.63, 3.8) is 0 Å². The summed E-state index contributed by atoms with van der Waals surface area (Å²) in [4.78, 5) is 4.47. The molecule has 2 nitrogen and oxygen atoms in total. The van der Waals surface area contributed by atoms with Crippen LogP contribution in [0.5, 0.6) is 0 Å². The Hall–Kier alpha value is -1.49. The van der Waals surface area contributed by atoms with E-state index in [-0.39, 0.29) is 12.2 Å². The van der Waals surface area contributed by atoms with Crippen molar-refractivity contribution >= 4 is 33.2 Å². The van der Waals surface area contributed by atoms with Crippen LogP contribution in [0.1, 0.15) is 10.6 Å². The zero-order valence-corrected chi connectivity index (χ0v) is 12.7. The number of nitrogens with zero attached hydrogens (tertiary/aromatic N) is 1. The standard InChI is InChI=1S/C16H13ClFNOS/c17-12-4-3-5-13(18)11(12)8-10(20)9-16-19-14-6-1-2-7-15(14)21-16/h1-7,10,20H,8-9H2. The predicted molar refractivity (Wildman–Crippen MR) is 84.4 cm³/mol. The zero-order chi connectivity index (χ0) is 14.8. The molecule has 1 unspecified atom stereocenters. The molecule has 0 aliphatic carbocycles. The molecule has 0 radical (unpaired) electrons. The highest BCUT2D eigenvalue weighted by Crippen LogP contribution is 2.25. The summed E-state index contributed by atoms with van der Waals surface area (Å²) in [6, 6.07) is 12.4. The van der Waals surface area contributed by atoms with Gasteiger partial charge in [-0.3, -0.25) is 0 Å². The van der Waals surface area contributed by atoms with Gasteiger partial charge in [-0.25, -0.2) is 9.37 Å². The number of aliphatic hydroxyl groups excluding tert-OH is 1. The van der Waals surface area contributed by atoms with Crippen LogP contribution in [0.25, 0.3) is 10.2 Å². The number of para-hydroxylation sites is 1. The molecule has 0 saturated heterocycles. The Bertz CT molecular complexity index is 721. The molecule has 1 atom stereocenters. The van der Waals surface area contributed by atoms with Gasteiger partial charge < -0.3 is 5.11 Å². The SMILES string of the molecule is OC(Cc1nc2ccccc2s1)Cc1c(F)cccc1Cl. The third kappa shape index (κ3) is 3.23. The summed E-state index contributed by atoms with van der Waals surface area (Å²) < 4.78 is 14.8. The van der Waals surface area contributed by atoms with Gasteiger partial charge in [-0.05, 0) is 24.3 Å². The number of halogens is 2. The van der Waals surface area contributed by atoms with Crippen molar-refractivity contribution in [1.82, 2.24) is 4.98 Å². The van der Waals surface area contributed by atoms with E-state index < -0.39 is 6.10 Å². The maximum Gasteiger partial charge on any atom is 0.127 e. The van der Waals surface area contributed by atoms with E-state index in [1.54, 1.807) is 23.5 Å². The number of rotatable bonds is 4.